The summed E-state index contributed by atoms with van der Waals surface area (Å²) in [5.74, 6) is 0.534. The number of fused-ring (bicyclic) bond motifs is 5. The maximum atomic E-state index is 13.7. The third kappa shape index (κ3) is 5.49. The topological polar surface area (TPSA) is 146 Å². The van der Waals surface area contributed by atoms with Gasteiger partial charge in [-0.3, -0.25) is 0 Å². The number of methoxy groups -OCH3 is 1. The van der Waals surface area contributed by atoms with Gasteiger partial charge in [0, 0.05) is 23.9 Å². The number of hydrogen-bond donors (Lipinski definition) is 5. The first-order chi connectivity index (χ1) is 21.4. The first-order valence-corrected chi connectivity index (χ1v) is 17.5. The van der Waals surface area contributed by atoms with Gasteiger partial charge in [0.1, 0.15) is 30.7 Å². The van der Waals surface area contributed by atoms with Crippen molar-refractivity contribution in [3.05, 3.63) is 23.8 Å². The van der Waals surface area contributed by atoms with Crippen LogP contribution in [0.5, 0.6) is 0 Å². The van der Waals surface area contributed by atoms with Gasteiger partial charge in [-0.1, -0.05) is 58.4 Å². The molecule has 4 aliphatic carbocycles. The van der Waals surface area contributed by atoms with Gasteiger partial charge in [-0.05, 0) is 87.4 Å². The molecule has 0 aromatic rings. The lowest BCUT2D eigenvalue weighted by Gasteiger charge is -2.66. The molecule has 4 fully saturated rings. The van der Waals surface area contributed by atoms with Crippen LogP contribution in [0, 0.1) is 45.3 Å². The summed E-state index contributed by atoms with van der Waals surface area (Å²) in [5.41, 5.74) is -1.05. The van der Waals surface area contributed by atoms with Gasteiger partial charge in [-0.15, -0.1) is 0 Å². The fourth-order valence-corrected chi connectivity index (χ4v) is 10.8. The van der Waals surface area contributed by atoms with Crippen LogP contribution in [0.1, 0.15) is 93.4 Å². The van der Waals surface area contributed by atoms with E-state index in [4.69, 9.17) is 14.2 Å². The minimum absolute atomic E-state index is 0.0416. The highest BCUT2D eigenvalue weighted by Crippen LogP contribution is 2.75. The van der Waals surface area contributed by atoms with Crippen LogP contribution in [-0.4, -0.2) is 94.1 Å². The predicted octanol–water partition coefficient (Wildman–Crippen LogP) is 3.93. The van der Waals surface area contributed by atoms with E-state index in [0.717, 1.165) is 31.3 Å². The molecule has 0 unspecified atom stereocenters. The van der Waals surface area contributed by atoms with Gasteiger partial charge >= 0.3 is 0 Å². The summed E-state index contributed by atoms with van der Waals surface area (Å²) < 4.78 is 18.2. The van der Waals surface area contributed by atoms with Crippen LogP contribution in [0.15, 0.2) is 23.8 Å². The first-order valence-electron chi connectivity index (χ1n) is 17.5. The minimum atomic E-state index is -1.57. The zero-order valence-electron chi connectivity index (χ0n) is 29.2. The Bertz CT molecular complexity index is 1180. The fourth-order valence-electron chi connectivity index (χ4n) is 10.8. The Hall–Kier alpha value is -1.17. The Morgan fingerprint density at radius 3 is 2.33 bits per heavy atom. The van der Waals surface area contributed by atoms with Crippen molar-refractivity contribution < 1.29 is 44.5 Å². The fraction of sp³-hybridized carbons (Fsp3) is 0.865. The number of carbonyl (C=O) groups excluding carboxylic acids is 1. The summed E-state index contributed by atoms with van der Waals surface area (Å²) in [5, 5.41) is 53.1. The van der Waals surface area contributed by atoms with E-state index >= 15 is 0 Å². The molecule has 1 saturated heterocycles. The van der Waals surface area contributed by atoms with Gasteiger partial charge in [-0.25, -0.2) is 0 Å². The predicted molar refractivity (Wildman–Crippen MR) is 173 cm³/mol. The van der Waals surface area contributed by atoms with Crippen molar-refractivity contribution in [2.75, 3.05) is 13.7 Å². The number of allylic oxidation sites excluding steroid dienone is 1. The summed E-state index contributed by atoms with van der Waals surface area (Å²) in [6.45, 7) is 14.7. The van der Waals surface area contributed by atoms with Crippen molar-refractivity contribution in [2.24, 2.45) is 45.3 Å². The van der Waals surface area contributed by atoms with Crippen LogP contribution < -0.4 is 0 Å². The zero-order chi connectivity index (χ0) is 34.0. The van der Waals surface area contributed by atoms with Gasteiger partial charge in [0.15, 0.2) is 6.29 Å². The molecule has 9 heteroatoms. The van der Waals surface area contributed by atoms with Gasteiger partial charge in [-0.2, -0.15) is 0 Å². The molecule has 1 aliphatic heterocycles. The van der Waals surface area contributed by atoms with Crippen molar-refractivity contribution in [1.29, 1.82) is 0 Å². The second kappa shape index (κ2) is 12.6. The molecule has 0 spiro atoms. The Kier molecular flexibility index (Phi) is 9.91. The Morgan fingerprint density at radius 1 is 1.00 bits per heavy atom. The molecule has 0 aromatic heterocycles. The normalized spacial score (nSPS) is 47.9. The maximum absolute atomic E-state index is 13.7. The molecule has 14 atom stereocenters. The lowest BCUT2D eigenvalue weighted by atomic mass is 9.38. The number of aliphatic hydroxyl groups excluding tert-OH is 5. The van der Waals surface area contributed by atoms with Gasteiger partial charge in [0.2, 0.25) is 0 Å². The van der Waals surface area contributed by atoms with Crippen LogP contribution in [0.25, 0.3) is 0 Å². The van der Waals surface area contributed by atoms with Crippen LogP contribution in [0.2, 0.25) is 0 Å². The average molecular weight is 649 g/mol. The van der Waals surface area contributed by atoms with Crippen molar-refractivity contribution >= 4 is 6.29 Å². The summed E-state index contributed by atoms with van der Waals surface area (Å²) >= 11 is 0. The Morgan fingerprint density at radius 2 is 1.70 bits per heavy atom. The maximum Gasteiger partial charge on any atom is 0.187 e. The van der Waals surface area contributed by atoms with E-state index < -0.39 is 60.4 Å². The molecular formula is C37H60O9. The van der Waals surface area contributed by atoms with E-state index in [1.54, 1.807) is 7.11 Å². The van der Waals surface area contributed by atoms with E-state index in [0.29, 0.717) is 31.1 Å². The van der Waals surface area contributed by atoms with Gasteiger partial charge in [0.05, 0.1) is 24.4 Å². The lowest BCUT2D eigenvalue weighted by molar-refractivity contribution is -0.321. The number of hydrogen-bond acceptors (Lipinski definition) is 9. The quantitative estimate of drug-likeness (QED) is 0.185. The summed E-state index contributed by atoms with van der Waals surface area (Å²) in [4.78, 5) is 13.7. The number of ether oxygens (including phenoxy) is 3. The monoisotopic (exact) mass is 648 g/mol. The first kappa shape index (κ1) is 36.1. The summed E-state index contributed by atoms with van der Waals surface area (Å²) in [6, 6.07) is 0. The second-order valence-corrected chi connectivity index (χ2v) is 16.9. The highest BCUT2D eigenvalue weighted by Gasteiger charge is 2.71. The highest BCUT2D eigenvalue weighted by atomic mass is 16.7. The van der Waals surface area contributed by atoms with E-state index in [2.05, 4.69) is 39.0 Å². The van der Waals surface area contributed by atoms with Gasteiger partial charge < -0.3 is 44.5 Å². The SMILES string of the molecule is COC(C)(C)C=CC[C@@H](C)[C@@H]1CC[C@@]2(C)[C@@H]3[C@@H](O[C@@H]4O[C@H](CO)[C@@H](O)[C@H](O)[C@H]4O)C=C4[C@@H](CC[C@H](O)C4(C)C)[C@]3(C=O)CC[C@]12C. The van der Waals surface area contributed by atoms with E-state index in [1.165, 1.54) is 6.29 Å². The number of aldehydes is 1. The molecule has 0 radical (unpaired) electrons. The van der Waals surface area contributed by atoms with E-state index in [1.807, 2.05) is 27.7 Å². The van der Waals surface area contributed by atoms with Crippen LogP contribution in [0.4, 0.5) is 0 Å². The molecule has 5 N–H and O–H groups in total. The lowest BCUT2D eigenvalue weighted by Crippen LogP contribution is -2.66. The molecule has 262 valence electrons. The van der Waals surface area contributed by atoms with Crippen molar-refractivity contribution in [3.63, 3.8) is 0 Å². The summed E-state index contributed by atoms with van der Waals surface area (Å²) in [7, 11) is 1.72. The van der Waals surface area contributed by atoms with Crippen LogP contribution in [-0.2, 0) is 19.0 Å². The average Bonchev–Trinajstić information content (AvgIpc) is 3.29. The molecular weight excluding hydrogens is 588 g/mol. The zero-order valence-corrected chi connectivity index (χ0v) is 29.2. The molecule has 5 rings (SSSR count). The Balaban J connectivity index is 1.57. The largest absolute Gasteiger partial charge is 0.394 e. The number of rotatable bonds is 9. The van der Waals surface area contributed by atoms with Crippen LogP contribution in [0.3, 0.4) is 0 Å². The number of carbonyl (C=O) groups is 1. The molecule has 5 aliphatic rings. The van der Waals surface area contributed by atoms with E-state index in [-0.39, 0.29) is 28.3 Å². The smallest absolute Gasteiger partial charge is 0.187 e. The van der Waals surface area contributed by atoms with Crippen LogP contribution >= 0.6 is 0 Å². The second-order valence-electron chi connectivity index (χ2n) is 16.9. The standard InChI is InChI=1S/C37H60O9/c1-21(10-9-14-33(2,3)44-8)22-13-15-36(7)31-25(45-32-30(43)29(42)28(41)26(19-38)46-32)18-24-23(11-12-27(40)34(24,4)5)37(31,20-39)17-16-35(22,36)6/h9,14,18,20-23,25-32,38,40-43H,10-13,15-17,19H2,1-8H3/t21-,22+,23-,25+,26-,27+,28-,29+,30-,31+,32-,35-,36+,37-/m1/s1. The third-order valence-electron chi connectivity index (χ3n) is 14.0. The molecule has 1 heterocycles. The van der Waals surface area contributed by atoms with Crippen molar-refractivity contribution in [3.8, 4) is 0 Å². The minimum Gasteiger partial charge on any atom is -0.394 e. The number of aliphatic hydroxyl groups is 5. The van der Waals surface area contributed by atoms with E-state index in [9.17, 15) is 30.3 Å². The molecule has 46 heavy (non-hydrogen) atoms. The molecule has 9 nitrogen and oxygen atoms in total. The van der Waals surface area contributed by atoms with Crippen molar-refractivity contribution in [1.82, 2.24) is 0 Å². The van der Waals surface area contributed by atoms with Crippen molar-refractivity contribution in [2.45, 2.75) is 142 Å². The molecule has 0 bridgehead atoms. The molecule has 0 aromatic carbocycles. The molecule has 3 saturated carbocycles. The third-order valence-corrected chi connectivity index (χ3v) is 14.0. The summed E-state index contributed by atoms with van der Waals surface area (Å²) in [6.07, 6.45) is 5.19. The molecule has 0 amide bonds. The highest BCUT2D eigenvalue weighted by molar-refractivity contribution is 5.65. The van der Waals surface area contributed by atoms with Gasteiger partial charge in [0.25, 0.3) is 0 Å². The Labute approximate surface area is 275 Å².